The highest BCUT2D eigenvalue weighted by atomic mass is 32.2. The normalized spacial score (nSPS) is 10.8. The van der Waals surface area contributed by atoms with E-state index in [1.165, 1.54) is 10.9 Å². The van der Waals surface area contributed by atoms with Crippen LogP contribution < -0.4 is 10.1 Å². The molecule has 0 unspecified atom stereocenters. The van der Waals surface area contributed by atoms with Crippen LogP contribution in [0.4, 0.5) is 5.82 Å². The van der Waals surface area contributed by atoms with Gasteiger partial charge in [0, 0.05) is 35.0 Å². The Morgan fingerprint density at radius 1 is 1.12 bits per heavy atom. The van der Waals surface area contributed by atoms with Crippen LogP contribution in [0.5, 0.6) is 5.75 Å². The fourth-order valence-corrected chi connectivity index (χ4v) is 4.59. The third-order valence-electron chi connectivity index (χ3n) is 5.45. The zero-order valence-corrected chi connectivity index (χ0v) is 19.7. The van der Waals surface area contributed by atoms with Crippen molar-refractivity contribution in [1.82, 2.24) is 15.0 Å². The SMILES string of the molecule is CCCCSc1nc(NCCc2c[nH]c3ccccc23)c(C#N)c(-c2ccc(OC)cc2)n1. The predicted octanol–water partition coefficient (Wildman–Crippen LogP) is 6.05. The molecule has 4 rings (SSSR count). The van der Waals surface area contributed by atoms with Crippen LogP contribution in [0.25, 0.3) is 22.2 Å². The predicted molar refractivity (Wildman–Crippen MR) is 135 cm³/mol. The topological polar surface area (TPSA) is 86.6 Å². The standard InChI is InChI=1S/C26H27N5OS/c1-3-4-15-33-26-30-24(18-9-11-20(32-2)12-10-18)22(16-27)25(31-26)28-14-13-19-17-29-23-8-6-5-7-21(19)23/h5-12,17,29H,3-4,13-15H2,1-2H3,(H,28,30,31). The van der Waals surface area contributed by atoms with Gasteiger partial charge in [-0.25, -0.2) is 9.97 Å². The van der Waals surface area contributed by atoms with Crippen molar-refractivity contribution in [2.75, 3.05) is 24.7 Å². The van der Waals surface area contributed by atoms with Crippen LogP contribution in [0.2, 0.25) is 0 Å². The maximum atomic E-state index is 9.98. The molecule has 0 saturated heterocycles. The van der Waals surface area contributed by atoms with Crippen LogP contribution in [0, 0.1) is 11.3 Å². The molecule has 4 aromatic rings. The molecule has 0 atom stereocenters. The van der Waals surface area contributed by atoms with Crippen molar-refractivity contribution in [3.63, 3.8) is 0 Å². The van der Waals surface area contributed by atoms with Gasteiger partial charge in [-0.15, -0.1) is 0 Å². The van der Waals surface area contributed by atoms with Gasteiger partial charge in [0.1, 0.15) is 23.2 Å². The number of aromatic amines is 1. The lowest BCUT2D eigenvalue weighted by Gasteiger charge is -2.13. The van der Waals surface area contributed by atoms with Gasteiger partial charge < -0.3 is 15.0 Å². The number of para-hydroxylation sites is 1. The number of hydrogen-bond acceptors (Lipinski definition) is 6. The van der Waals surface area contributed by atoms with Crippen molar-refractivity contribution in [1.29, 1.82) is 5.26 Å². The molecular weight excluding hydrogens is 430 g/mol. The van der Waals surface area contributed by atoms with Gasteiger partial charge in [-0.3, -0.25) is 0 Å². The van der Waals surface area contributed by atoms with Crippen LogP contribution in [0.15, 0.2) is 59.9 Å². The summed E-state index contributed by atoms with van der Waals surface area (Å²) in [6.45, 7) is 2.83. The van der Waals surface area contributed by atoms with Crippen LogP contribution in [0.1, 0.15) is 30.9 Å². The second kappa shape index (κ2) is 10.9. The third kappa shape index (κ3) is 5.29. The number of hydrogen-bond donors (Lipinski definition) is 2. The molecule has 0 aliphatic rings. The van der Waals surface area contributed by atoms with E-state index in [1.54, 1.807) is 18.9 Å². The lowest BCUT2D eigenvalue weighted by atomic mass is 10.1. The maximum absolute atomic E-state index is 9.98. The number of anilines is 1. The van der Waals surface area contributed by atoms with Crippen LogP contribution in [-0.4, -0.2) is 34.4 Å². The van der Waals surface area contributed by atoms with Gasteiger partial charge in [0.05, 0.1) is 12.8 Å². The third-order valence-corrected chi connectivity index (χ3v) is 6.39. The molecule has 0 amide bonds. The number of nitriles is 1. The molecule has 0 bridgehead atoms. The number of unbranched alkanes of at least 4 members (excludes halogenated alkanes) is 1. The molecule has 33 heavy (non-hydrogen) atoms. The van der Waals surface area contributed by atoms with Gasteiger partial charge in [0.15, 0.2) is 5.16 Å². The Labute approximate surface area is 198 Å². The number of benzene rings is 2. The quantitative estimate of drug-likeness (QED) is 0.171. The Kier molecular flexibility index (Phi) is 7.48. The molecule has 2 N–H and O–H groups in total. The number of rotatable bonds is 10. The molecular formula is C26H27N5OS. The van der Waals surface area contributed by atoms with Crippen molar-refractivity contribution in [3.8, 4) is 23.1 Å². The second-order valence-electron chi connectivity index (χ2n) is 7.66. The molecule has 0 aliphatic carbocycles. The summed E-state index contributed by atoms with van der Waals surface area (Å²) in [5, 5.41) is 15.3. The number of fused-ring (bicyclic) bond motifs is 1. The van der Waals surface area contributed by atoms with Crippen molar-refractivity contribution in [2.45, 2.75) is 31.3 Å². The van der Waals surface area contributed by atoms with Crippen molar-refractivity contribution in [3.05, 3.63) is 65.9 Å². The van der Waals surface area contributed by atoms with Gasteiger partial charge in [-0.2, -0.15) is 5.26 Å². The van der Waals surface area contributed by atoms with Crippen molar-refractivity contribution in [2.24, 2.45) is 0 Å². The largest absolute Gasteiger partial charge is 0.497 e. The molecule has 168 valence electrons. The molecule has 2 aromatic carbocycles. The van der Waals surface area contributed by atoms with Crippen molar-refractivity contribution < 1.29 is 4.74 Å². The number of methoxy groups -OCH3 is 1. The van der Waals surface area contributed by atoms with E-state index >= 15 is 0 Å². The minimum absolute atomic E-state index is 0.457. The second-order valence-corrected chi connectivity index (χ2v) is 8.72. The first-order valence-corrected chi connectivity index (χ1v) is 12.1. The Bertz CT molecular complexity index is 1260. The first-order chi connectivity index (χ1) is 16.2. The summed E-state index contributed by atoms with van der Waals surface area (Å²) in [7, 11) is 1.64. The van der Waals surface area contributed by atoms with Gasteiger partial charge in [0.25, 0.3) is 0 Å². The average Bonchev–Trinajstić information content (AvgIpc) is 3.27. The smallest absolute Gasteiger partial charge is 0.190 e. The Hall–Kier alpha value is -3.50. The zero-order chi connectivity index (χ0) is 23.0. The van der Waals surface area contributed by atoms with E-state index in [4.69, 9.17) is 14.7 Å². The summed E-state index contributed by atoms with van der Waals surface area (Å²) in [5.41, 5.74) is 4.33. The number of ether oxygens (including phenoxy) is 1. The summed E-state index contributed by atoms with van der Waals surface area (Å²) >= 11 is 1.63. The van der Waals surface area contributed by atoms with E-state index in [0.717, 1.165) is 41.8 Å². The van der Waals surface area contributed by atoms with E-state index in [0.29, 0.717) is 28.8 Å². The van der Waals surface area contributed by atoms with Gasteiger partial charge in [-0.05, 0) is 48.7 Å². The molecule has 0 fully saturated rings. The van der Waals surface area contributed by atoms with Gasteiger partial charge in [-0.1, -0.05) is 43.3 Å². The first-order valence-electron chi connectivity index (χ1n) is 11.1. The van der Waals surface area contributed by atoms with E-state index in [2.05, 4.69) is 35.4 Å². The Morgan fingerprint density at radius 3 is 2.70 bits per heavy atom. The zero-order valence-electron chi connectivity index (χ0n) is 18.9. The molecule has 0 aliphatic heterocycles. The molecule has 7 heteroatoms. The monoisotopic (exact) mass is 457 g/mol. The van der Waals surface area contributed by atoms with E-state index in [1.807, 2.05) is 42.6 Å². The fraction of sp³-hybridized carbons (Fsp3) is 0.269. The summed E-state index contributed by atoms with van der Waals surface area (Å²) in [4.78, 5) is 12.8. The van der Waals surface area contributed by atoms with E-state index in [-0.39, 0.29) is 0 Å². The minimum atomic E-state index is 0.457. The summed E-state index contributed by atoms with van der Waals surface area (Å²) in [6, 6.07) is 18.2. The van der Waals surface area contributed by atoms with Gasteiger partial charge >= 0.3 is 0 Å². The molecule has 6 nitrogen and oxygen atoms in total. The Morgan fingerprint density at radius 2 is 1.94 bits per heavy atom. The number of thioether (sulfide) groups is 1. The number of aromatic nitrogens is 3. The molecule has 0 spiro atoms. The fourth-order valence-electron chi connectivity index (χ4n) is 3.66. The van der Waals surface area contributed by atoms with Crippen LogP contribution in [0.3, 0.4) is 0 Å². The van der Waals surface area contributed by atoms with Crippen LogP contribution >= 0.6 is 11.8 Å². The lowest BCUT2D eigenvalue weighted by Crippen LogP contribution is -2.10. The molecule has 2 aromatic heterocycles. The summed E-state index contributed by atoms with van der Waals surface area (Å²) in [6.07, 6.45) is 5.07. The van der Waals surface area contributed by atoms with E-state index in [9.17, 15) is 5.26 Å². The summed E-state index contributed by atoms with van der Waals surface area (Å²) < 4.78 is 5.28. The molecule has 0 saturated carbocycles. The summed E-state index contributed by atoms with van der Waals surface area (Å²) in [5.74, 6) is 2.29. The Balaban J connectivity index is 1.61. The van der Waals surface area contributed by atoms with Gasteiger partial charge in [0.2, 0.25) is 0 Å². The minimum Gasteiger partial charge on any atom is -0.497 e. The highest BCUT2D eigenvalue weighted by molar-refractivity contribution is 7.99. The number of H-pyrrole nitrogens is 1. The number of nitrogens with one attached hydrogen (secondary N) is 2. The average molecular weight is 458 g/mol. The highest BCUT2D eigenvalue weighted by Gasteiger charge is 2.17. The molecule has 0 radical (unpaired) electrons. The van der Waals surface area contributed by atoms with E-state index < -0.39 is 0 Å². The number of nitrogens with zero attached hydrogens (tertiary/aromatic N) is 3. The van der Waals surface area contributed by atoms with Crippen molar-refractivity contribution >= 4 is 28.5 Å². The highest BCUT2D eigenvalue weighted by Crippen LogP contribution is 2.30. The molecule has 2 heterocycles. The maximum Gasteiger partial charge on any atom is 0.190 e. The lowest BCUT2D eigenvalue weighted by molar-refractivity contribution is 0.415. The van der Waals surface area contributed by atoms with Crippen LogP contribution in [-0.2, 0) is 6.42 Å². The first kappa shape index (κ1) is 22.7.